The zero-order valence-electron chi connectivity index (χ0n) is 7.65. The molecule has 1 radical (unpaired) electrons. The van der Waals surface area contributed by atoms with Gasteiger partial charge in [-0.3, -0.25) is 0 Å². The highest BCUT2D eigenvalue weighted by molar-refractivity contribution is 6.32. The molecule has 0 aliphatic rings. The molecule has 1 heteroatoms. The third kappa shape index (κ3) is 2.01. The minimum Gasteiger partial charge on any atom is -0.0838 e. The summed E-state index contributed by atoms with van der Waals surface area (Å²) in [5.41, 5.74) is 3.67. The summed E-state index contributed by atoms with van der Waals surface area (Å²) < 4.78 is 0. The Morgan fingerprint density at radius 1 is 1.25 bits per heavy atom. The molecule has 0 aliphatic heterocycles. The quantitative estimate of drug-likeness (QED) is 0.653. The van der Waals surface area contributed by atoms with Crippen LogP contribution in [0, 0.1) is 20.8 Å². The predicted octanol–water partition coefficient (Wildman–Crippen LogP) is 3.72. The smallest absolute Gasteiger partial charge is 0.0464 e. The normalized spacial score (nSPS) is 10.3. The van der Waals surface area contributed by atoms with E-state index in [1.807, 2.05) is 13.8 Å². The van der Waals surface area contributed by atoms with Crippen molar-refractivity contribution in [3.63, 3.8) is 0 Å². The van der Waals surface area contributed by atoms with Gasteiger partial charge in [0.2, 0.25) is 0 Å². The first kappa shape index (κ1) is 9.60. The topological polar surface area (TPSA) is 0 Å². The molecular weight excluding hydrogens is 168 g/mol. The van der Waals surface area contributed by atoms with Gasteiger partial charge in [0.15, 0.2) is 0 Å². The number of aryl methyl sites for hydroxylation is 3. The van der Waals surface area contributed by atoms with Crippen molar-refractivity contribution in [3.05, 3.63) is 40.8 Å². The van der Waals surface area contributed by atoms with Crippen LogP contribution >= 0.6 is 11.6 Å². The summed E-state index contributed by atoms with van der Waals surface area (Å²) in [5, 5.41) is 0.891. The molecule has 1 aromatic carbocycles. The monoisotopic (exact) mass is 181 g/mol. The largest absolute Gasteiger partial charge is 0.0838 e. The highest BCUT2D eigenvalue weighted by atomic mass is 35.5. The number of benzene rings is 1. The van der Waals surface area contributed by atoms with Crippen LogP contribution in [0.25, 0.3) is 0 Å². The fourth-order valence-corrected chi connectivity index (χ4v) is 1.49. The van der Waals surface area contributed by atoms with Crippen molar-refractivity contribution in [3.8, 4) is 0 Å². The van der Waals surface area contributed by atoms with Crippen molar-refractivity contribution in [1.29, 1.82) is 0 Å². The molecule has 0 unspecified atom stereocenters. The highest BCUT2D eigenvalue weighted by Crippen LogP contribution is 2.22. The Bertz CT molecular complexity index is 253. The van der Waals surface area contributed by atoms with Crippen molar-refractivity contribution < 1.29 is 0 Å². The van der Waals surface area contributed by atoms with Crippen LogP contribution in [-0.4, -0.2) is 0 Å². The molecule has 0 N–H and O–H groups in total. The van der Waals surface area contributed by atoms with Gasteiger partial charge in [0.1, 0.15) is 0 Å². The van der Waals surface area contributed by atoms with Crippen molar-refractivity contribution in [2.24, 2.45) is 0 Å². The maximum atomic E-state index is 6.03. The Kier molecular flexibility index (Phi) is 3.16. The summed E-state index contributed by atoms with van der Waals surface area (Å²) in [6.45, 7) is 7.92. The predicted molar refractivity (Wildman–Crippen MR) is 54.6 cm³/mol. The van der Waals surface area contributed by atoms with Crippen LogP contribution in [0.2, 0.25) is 5.02 Å². The van der Waals surface area contributed by atoms with Gasteiger partial charge < -0.3 is 0 Å². The molecule has 65 valence electrons. The van der Waals surface area contributed by atoms with Gasteiger partial charge in [0, 0.05) is 5.02 Å². The van der Waals surface area contributed by atoms with E-state index in [2.05, 4.69) is 19.1 Å². The first-order chi connectivity index (χ1) is 5.65. The standard InChI is InChI=1S/C11H14Cl/c1-4-5-10-6-8(2)11(12)9(3)7-10/h6-7H,1,4-5H2,2-3H3. The number of hydrogen-bond donors (Lipinski definition) is 0. The lowest BCUT2D eigenvalue weighted by Gasteiger charge is -2.06. The molecule has 0 atom stereocenters. The Morgan fingerprint density at radius 3 is 2.17 bits per heavy atom. The molecule has 0 saturated heterocycles. The second-order valence-corrected chi connectivity index (χ2v) is 3.53. The fourth-order valence-electron chi connectivity index (χ4n) is 1.38. The molecule has 0 saturated carbocycles. The van der Waals surface area contributed by atoms with Gasteiger partial charge in [-0.2, -0.15) is 0 Å². The molecule has 0 spiro atoms. The van der Waals surface area contributed by atoms with E-state index in [1.165, 1.54) is 16.7 Å². The Balaban J connectivity index is 3.04. The molecule has 12 heavy (non-hydrogen) atoms. The molecule has 0 fully saturated rings. The van der Waals surface area contributed by atoms with Crippen molar-refractivity contribution in [1.82, 2.24) is 0 Å². The third-order valence-electron chi connectivity index (χ3n) is 1.96. The highest BCUT2D eigenvalue weighted by Gasteiger charge is 2.01. The zero-order valence-corrected chi connectivity index (χ0v) is 8.41. The van der Waals surface area contributed by atoms with Crippen LogP contribution in [0.4, 0.5) is 0 Å². The van der Waals surface area contributed by atoms with Crippen LogP contribution in [0.1, 0.15) is 23.1 Å². The number of hydrogen-bond acceptors (Lipinski definition) is 0. The van der Waals surface area contributed by atoms with Crippen LogP contribution in [-0.2, 0) is 6.42 Å². The summed E-state index contributed by atoms with van der Waals surface area (Å²) in [4.78, 5) is 0. The molecular formula is C11H14Cl. The molecule has 0 heterocycles. The van der Waals surface area contributed by atoms with Crippen LogP contribution in [0.5, 0.6) is 0 Å². The summed E-state index contributed by atoms with van der Waals surface area (Å²) in [6.07, 6.45) is 1.99. The van der Waals surface area contributed by atoms with E-state index in [0.717, 1.165) is 17.9 Å². The molecule has 0 bridgehead atoms. The van der Waals surface area contributed by atoms with Crippen LogP contribution in [0.15, 0.2) is 12.1 Å². The third-order valence-corrected chi connectivity index (χ3v) is 2.56. The van der Waals surface area contributed by atoms with E-state index in [-0.39, 0.29) is 0 Å². The maximum Gasteiger partial charge on any atom is 0.0464 e. The van der Waals surface area contributed by atoms with Crippen molar-refractivity contribution >= 4 is 11.6 Å². The summed E-state index contributed by atoms with van der Waals surface area (Å²) in [6, 6.07) is 4.28. The Labute approximate surface area is 79.6 Å². The van der Waals surface area contributed by atoms with Crippen LogP contribution < -0.4 is 0 Å². The lowest BCUT2D eigenvalue weighted by molar-refractivity contribution is 0.993. The van der Waals surface area contributed by atoms with Crippen LogP contribution in [0.3, 0.4) is 0 Å². The summed E-state index contributed by atoms with van der Waals surface area (Å²) in [7, 11) is 0. The Hall–Kier alpha value is -0.490. The molecule has 0 aromatic heterocycles. The van der Waals surface area contributed by atoms with E-state index in [1.54, 1.807) is 0 Å². The summed E-state index contributed by atoms with van der Waals surface area (Å²) in [5.74, 6) is 0. The minimum absolute atomic E-state index is 0.891. The first-order valence-electron chi connectivity index (χ1n) is 4.20. The zero-order chi connectivity index (χ0) is 9.14. The van der Waals surface area contributed by atoms with Gasteiger partial charge in [0.25, 0.3) is 0 Å². The van der Waals surface area contributed by atoms with Gasteiger partial charge in [-0.15, -0.1) is 0 Å². The SMILES string of the molecule is [CH2]CCc1cc(C)c(Cl)c(C)c1. The minimum atomic E-state index is 0.891. The van der Waals surface area contributed by atoms with Gasteiger partial charge >= 0.3 is 0 Å². The van der Waals surface area contributed by atoms with E-state index in [4.69, 9.17) is 11.6 Å². The molecule has 0 nitrogen and oxygen atoms in total. The van der Waals surface area contributed by atoms with E-state index in [0.29, 0.717) is 0 Å². The van der Waals surface area contributed by atoms with Gasteiger partial charge in [-0.1, -0.05) is 30.7 Å². The lowest BCUT2D eigenvalue weighted by Crippen LogP contribution is -1.88. The lowest BCUT2D eigenvalue weighted by atomic mass is 10.0. The number of halogens is 1. The van der Waals surface area contributed by atoms with E-state index in [9.17, 15) is 0 Å². The molecule has 0 amide bonds. The Morgan fingerprint density at radius 2 is 1.75 bits per heavy atom. The molecule has 1 rings (SSSR count). The second-order valence-electron chi connectivity index (χ2n) is 3.15. The van der Waals surface area contributed by atoms with Gasteiger partial charge in [0.05, 0.1) is 0 Å². The van der Waals surface area contributed by atoms with Crippen molar-refractivity contribution in [2.45, 2.75) is 26.7 Å². The van der Waals surface area contributed by atoms with Crippen molar-refractivity contribution in [2.75, 3.05) is 0 Å². The van der Waals surface area contributed by atoms with Gasteiger partial charge in [-0.05, 0) is 43.4 Å². The van der Waals surface area contributed by atoms with Gasteiger partial charge in [-0.25, -0.2) is 0 Å². The fraction of sp³-hybridized carbons (Fsp3) is 0.364. The maximum absolute atomic E-state index is 6.03. The first-order valence-corrected chi connectivity index (χ1v) is 4.58. The number of rotatable bonds is 2. The second kappa shape index (κ2) is 3.95. The molecule has 1 aromatic rings. The molecule has 0 aliphatic carbocycles. The average Bonchev–Trinajstić information content (AvgIpc) is 2.01. The average molecular weight is 182 g/mol. The van der Waals surface area contributed by atoms with E-state index < -0.39 is 0 Å². The summed E-state index contributed by atoms with van der Waals surface area (Å²) >= 11 is 6.03. The van der Waals surface area contributed by atoms with E-state index >= 15 is 0 Å².